The largest absolute Gasteiger partial charge is 0.480 e. The fourth-order valence-electron chi connectivity index (χ4n) is 9.57. The summed E-state index contributed by atoms with van der Waals surface area (Å²) in [5, 5.41) is 142. The summed E-state index contributed by atoms with van der Waals surface area (Å²) in [4.78, 5) is 30.0. The molecule has 31 nitrogen and oxygen atoms in total. The molecular weight excluding hydrogens is 1260 g/mol. The number of nitrogens with one attached hydrogen (secondary N) is 3. The van der Waals surface area contributed by atoms with Gasteiger partial charge in [-0.25, -0.2) is 0 Å². The van der Waals surface area contributed by atoms with Gasteiger partial charge in [0, 0.05) is 90.0 Å². The van der Waals surface area contributed by atoms with E-state index < -0.39 is 148 Å². The number of carboxylic acids is 1. The number of carbonyl (C=O) groups is 2. The number of aliphatic hydroxyl groups is 11. The topological polar surface area (TPSA) is 453 Å². The Hall–Kier alpha value is -1.19. The van der Waals surface area contributed by atoms with Crippen LogP contribution in [0.4, 0.5) is 0 Å². The zero-order valence-electron chi connectivity index (χ0n) is 51.5. The number of thioether (sulfide) groups is 4. The molecule has 4 saturated heterocycles. The number of amidine groups is 1. The van der Waals surface area contributed by atoms with Gasteiger partial charge >= 0.3 is 5.97 Å². The number of carbonyl (C=O) groups excluding carboxylic acids is 1. The van der Waals surface area contributed by atoms with Crippen LogP contribution in [0.3, 0.4) is 0 Å². The molecule has 0 spiro atoms. The first-order valence-electron chi connectivity index (χ1n) is 30.2. The average molecular weight is 1360 g/mol. The van der Waals surface area contributed by atoms with Crippen LogP contribution in [0.25, 0.3) is 0 Å². The fraction of sp³-hybridized carbons (Fsp3) is 0.944. The Morgan fingerprint density at radius 3 is 1.57 bits per heavy atom. The minimum absolute atomic E-state index is 0.0530. The SMILES string of the molecule is CCN(C)CCN(C)CCN(CC(=O)O)CC(=O)NCCSCCCOC1[C@@H](O)[C@H](O)C(CO[C@H]2OC(CO[C@H]3OC(COC)[C@@H](O)[C@H](O)C3OCCCSCCNC(=N)CS[C@H]3OC(CO)[C@@H](O)C(O)[C@H]3O)[C@@H](O)[C@H](O)C2OCCCSCCN)O[C@@H]1O. The van der Waals surface area contributed by atoms with E-state index in [-0.39, 0.29) is 57.0 Å². The number of hydrogen-bond donors (Lipinski definition) is 16. The van der Waals surface area contributed by atoms with Crippen LogP contribution >= 0.6 is 47.0 Å². The number of methoxy groups -OCH3 is 1. The van der Waals surface area contributed by atoms with Crippen molar-refractivity contribution in [3.8, 4) is 0 Å². The van der Waals surface area contributed by atoms with Crippen LogP contribution in [-0.4, -0.2) is 389 Å². The number of aliphatic carboxylic acids is 1. The molecule has 4 rings (SSSR count). The Bertz CT molecular complexity index is 1940. The molecule has 17 N–H and O–H groups in total. The Balaban J connectivity index is 1.24. The molecule has 0 aromatic heterocycles. The van der Waals surface area contributed by atoms with Crippen LogP contribution in [0.5, 0.6) is 0 Å². The molecule has 4 aliphatic rings. The van der Waals surface area contributed by atoms with Gasteiger partial charge in [-0.15, -0.1) is 11.8 Å². The van der Waals surface area contributed by atoms with Crippen LogP contribution in [0.2, 0.25) is 0 Å². The van der Waals surface area contributed by atoms with Gasteiger partial charge in [-0.2, -0.15) is 35.3 Å². The van der Waals surface area contributed by atoms with Crippen molar-refractivity contribution in [2.24, 2.45) is 5.73 Å². The van der Waals surface area contributed by atoms with Gasteiger partial charge in [0.15, 0.2) is 18.9 Å². The molecule has 522 valence electrons. The van der Waals surface area contributed by atoms with Gasteiger partial charge in [0.1, 0.15) is 109 Å². The first-order chi connectivity index (χ1) is 42.6. The molecule has 1 amide bonds. The Labute approximate surface area is 538 Å². The predicted octanol–water partition coefficient (Wildman–Crippen LogP) is -6.03. The van der Waals surface area contributed by atoms with Crippen LogP contribution in [0, 0.1) is 5.41 Å². The molecular formula is C54H103N7O24S4. The summed E-state index contributed by atoms with van der Waals surface area (Å²) in [6.45, 7) is 5.26. The number of nitrogens with two attached hydrogens (primary N) is 1. The van der Waals surface area contributed by atoms with E-state index in [1.54, 1.807) is 28.4 Å². The standard InChI is InChI=1S/C54H103N7O24S4/c1-5-59(2)12-13-60(3)14-15-61(26-38(64)65)25-37(63)58-11-24-88-20-6-16-77-48-44(71)41(68)34(82-51(48)75)29-80-53-50(78-17-7-19-86-22-9-55)46(73)42(69)35(84-53)30-81-52-49(45(72)40(67)33(83-52)28-76-4)79-18-8-21-87-23-10-57-36(56)31-89-54-47(74)43(70)39(66)32(27-62)85-54/h32-35,39-54,62,66-75H,5-31,55H2,1-4H3,(H2,56,57)(H,58,63)(H,64,65)/t32?,33?,34?,35?,39-,40-,41-,42-,43?,44+,45+,46+,47-,48?,49?,50?,51+,52+,53+,54-/m1/s1. The Kier molecular flexibility index (Phi) is 40.2. The number of hydrogen-bond acceptors (Lipinski definition) is 32. The lowest BCUT2D eigenvalue weighted by molar-refractivity contribution is -0.347. The van der Waals surface area contributed by atoms with Gasteiger partial charge in [-0.05, 0) is 57.2 Å². The monoisotopic (exact) mass is 1360 g/mol. The van der Waals surface area contributed by atoms with Crippen LogP contribution in [0.1, 0.15) is 26.2 Å². The highest BCUT2D eigenvalue weighted by Gasteiger charge is 2.51. The lowest BCUT2D eigenvalue weighted by atomic mass is 9.97. The summed E-state index contributed by atoms with van der Waals surface area (Å²) in [5.74, 6) is 2.67. The molecule has 20 atom stereocenters. The molecule has 89 heavy (non-hydrogen) atoms. The van der Waals surface area contributed by atoms with Gasteiger partial charge in [-0.3, -0.25) is 19.9 Å². The molecule has 8 unspecified atom stereocenters. The zero-order chi connectivity index (χ0) is 65.4. The van der Waals surface area contributed by atoms with Gasteiger partial charge in [0.05, 0.1) is 45.3 Å². The molecule has 0 saturated carbocycles. The van der Waals surface area contributed by atoms with Crippen molar-refractivity contribution in [1.29, 1.82) is 5.41 Å². The molecule has 4 heterocycles. The van der Waals surface area contributed by atoms with E-state index in [9.17, 15) is 70.9 Å². The van der Waals surface area contributed by atoms with Crippen molar-refractivity contribution in [3.05, 3.63) is 0 Å². The summed E-state index contributed by atoms with van der Waals surface area (Å²) < 4.78 is 58.6. The number of nitrogens with zero attached hydrogens (tertiary/aromatic N) is 3. The molecule has 0 bridgehead atoms. The number of aliphatic hydroxyl groups excluding tert-OH is 11. The second-order valence-corrected chi connectivity index (χ2v) is 26.7. The van der Waals surface area contributed by atoms with Gasteiger partial charge < -0.3 is 135 Å². The van der Waals surface area contributed by atoms with E-state index in [2.05, 4.69) is 27.4 Å². The smallest absolute Gasteiger partial charge is 0.317 e. The third kappa shape index (κ3) is 28.2. The number of ether oxygens (including phenoxy) is 10. The van der Waals surface area contributed by atoms with E-state index in [0.717, 1.165) is 37.1 Å². The van der Waals surface area contributed by atoms with Crippen LogP contribution in [0.15, 0.2) is 0 Å². The maximum atomic E-state index is 12.7. The number of likely N-dealkylation sites (N-methyl/N-ethyl adjacent to an activating group) is 2. The number of carboxylic acid groups (broad SMARTS) is 1. The van der Waals surface area contributed by atoms with Crippen molar-refractivity contribution in [1.82, 2.24) is 25.3 Å². The minimum atomic E-state index is -1.70. The molecule has 0 radical (unpaired) electrons. The second-order valence-electron chi connectivity index (χ2n) is 22.0. The van der Waals surface area contributed by atoms with E-state index in [1.165, 1.54) is 18.9 Å². The fourth-order valence-corrected chi connectivity index (χ4v) is 12.8. The van der Waals surface area contributed by atoms with Crippen molar-refractivity contribution in [3.63, 3.8) is 0 Å². The normalized spacial score (nSPS) is 32.7. The predicted molar refractivity (Wildman–Crippen MR) is 332 cm³/mol. The lowest BCUT2D eigenvalue weighted by Gasteiger charge is -2.45. The van der Waals surface area contributed by atoms with Crippen molar-refractivity contribution in [2.45, 2.75) is 148 Å². The second kappa shape index (κ2) is 44.5. The highest BCUT2D eigenvalue weighted by molar-refractivity contribution is 8.00. The summed E-state index contributed by atoms with van der Waals surface area (Å²) in [6, 6.07) is 0. The molecule has 0 aromatic carbocycles. The summed E-state index contributed by atoms with van der Waals surface area (Å²) >= 11 is 5.72. The molecule has 35 heteroatoms. The van der Waals surface area contributed by atoms with Crippen LogP contribution in [-0.2, 0) is 57.0 Å². The van der Waals surface area contributed by atoms with E-state index in [4.69, 9.17) is 58.5 Å². The third-order valence-electron chi connectivity index (χ3n) is 14.9. The van der Waals surface area contributed by atoms with E-state index in [0.29, 0.717) is 80.8 Å². The summed E-state index contributed by atoms with van der Waals surface area (Å²) in [6.07, 6.45) is -25.5. The first kappa shape index (κ1) is 80.2. The minimum Gasteiger partial charge on any atom is -0.480 e. The van der Waals surface area contributed by atoms with Gasteiger partial charge in [0.25, 0.3) is 0 Å². The van der Waals surface area contributed by atoms with Gasteiger partial charge in [0.2, 0.25) is 5.91 Å². The molecule has 4 aliphatic heterocycles. The van der Waals surface area contributed by atoms with E-state index >= 15 is 0 Å². The highest BCUT2D eigenvalue weighted by Crippen LogP contribution is 2.32. The number of rotatable bonds is 46. The summed E-state index contributed by atoms with van der Waals surface area (Å²) in [5.41, 5.74) is 4.67. The Morgan fingerprint density at radius 2 is 1.04 bits per heavy atom. The molecule has 4 fully saturated rings. The zero-order valence-corrected chi connectivity index (χ0v) is 54.7. The lowest BCUT2D eigenvalue weighted by Crippen LogP contribution is -2.63. The average Bonchev–Trinajstić information content (AvgIpc) is 1.35. The van der Waals surface area contributed by atoms with E-state index in [1.807, 2.05) is 14.1 Å². The van der Waals surface area contributed by atoms with Crippen molar-refractivity contribution in [2.75, 3.05) is 173 Å². The third-order valence-corrected chi connectivity index (χ3v) is 19.4. The Morgan fingerprint density at radius 1 is 0.562 bits per heavy atom. The van der Waals surface area contributed by atoms with Gasteiger partial charge in [-0.1, -0.05) is 6.92 Å². The molecule has 0 aliphatic carbocycles. The number of amides is 1. The van der Waals surface area contributed by atoms with Crippen molar-refractivity contribution >= 4 is 64.8 Å². The quantitative estimate of drug-likeness (QED) is 0.0153. The highest BCUT2D eigenvalue weighted by atomic mass is 32.2. The maximum Gasteiger partial charge on any atom is 0.317 e. The maximum absolute atomic E-state index is 12.7. The summed E-state index contributed by atoms with van der Waals surface area (Å²) in [7, 11) is 5.37. The van der Waals surface area contributed by atoms with Crippen LogP contribution < -0.4 is 16.4 Å². The molecule has 0 aromatic rings. The first-order valence-corrected chi connectivity index (χ1v) is 34.7. The van der Waals surface area contributed by atoms with Crippen molar-refractivity contribution < 1.29 is 118 Å².